The monoisotopic (exact) mass is 231 g/mol. The van der Waals surface area contributed by atoms with Gasteiger partial charge in [-0.05, 0) is 6.92 Å². The first-order valence-corrected chi connectivity index (χ1v) is 6.15. The van der Waals surface area contributed by atoms with Gasteiger partial charge in [0, 0.05) is 18.8 Å². The number of hydrogen-bond donors (Lipinski definition) is 2. The van der Waals surface area contributed by atoms with Crippen LogP contribution in [0.2, 0.25) is 0 Å². The SMILES string of the molecule is CC(CS(C)(=O)=O)NCC(O)C(F)F. The third-order valence-corrected chi connectivity index (χ3v) is 2.62. The molecule has 0 bridgehead atoms. The van der Waals surface area contributed by atoms with E-state index >= 15 is 0 Å². The fourth-order valence-electron chi connectivity index (χ4n) is 0.924. The van der Waals surface area contributed by atoms with Gasteiger partial charge in [0.15, 0.2) is 0 Å². The zero-order chi connectivity index (χ0) is 11.4. The van der Waals surface area contributed by atoms with Crippen molar-refractivity contribution in [3.8, 4) is 0 Å². The molecule has 0 aliphatic heterocycles. The second-order valence-electron chi connectivity index (χ2n) is 3.30. The van der Waals surface area contributed by atoms with Gasteiger partial charge >= 0.3 is 0 Å². The predicted molar refractivity (Wildman–Crippen MR) is 49.2 cm³/mol. The van der Waals surface area contributed by atoms with E-state index in [4.69, 9.17) is 5.11 Å². The molecule has 86 valence electrons. The standard InChI is InChI=1S/C7H15F2NO3S/c1-5(4-14(2,12)13)10-3-6(11)7(8)9/h5-7,10-11H,3-4H2,1-2H3. The van der Waals surface area contributed by atoms with Crippen LogP contribution in [0.3, 0.4) is 0 Å². The van der Waals surface area contributed by atoms with Gasteiger partial charge < -0.3 is 10.4 Å². The molecule has 0 heterocycles. The average Bonchev–Trinajstić information content (AvgIpc) is 1.96. The highest BCUT2D eigenvalue weighted by Gasteiger charge is 2.18. The van der Waals surface area contributed by atoms with E-state index < -0.39 is 28.4 Å². The van der Waals surface area contributed by atoms with Crippen LogP contribution in [0.25, 0.3) is 0 Å². The lowest BCUT2D eigenvalue weighted by molar-refractivity contribution is -0.00406. The maximum absolute atomic E-state index is 11.8. The molecule has 0 radical (unpaired) electrons. The van der Waals surface area contributed by atoms with Crippen molar-refractivity contribution in [1.82, 2.24) is 5.32 Å². The molecule has 2 atom stereocenters. The maximum atomic E-state index is 11.8. The van der Waals surface area contributed by atoms with E-state index in [-0.39, 0.29) is 12.3 Å². The van der Waals surface area contributed by atoms with Crippen molar-refractivity contribution in [2.45, 2.75) is 25.5 Å². The molecular formula is C7H15F2NO3S. The van der Waals surface area contributed by atoms with E-state index in [2.05, 4.69) is 5.32 Å². The summed E-state index contributed by atoms with van der Waals surface area (Å²) in [6, 6.07) is -0.446. The minimum atomic E-state index is -3.12. The first-order valence-electron chi connectivity index (χ1n) is 4.09. The summed E-state index contributed by atoms with van der Waals surface area (Å²) < 4.78 is 45.2. The van der Waals surface area contributed by atoms with Crippen molar-refractivity contribution in [2.75, 3.05) is 18.6 Å². The van der Waals surface area contributed by atoms with Gasteiger partial charge in [-0.2, -0.15) is 0 Å². The highest BCUT2D eigenvalue weighted by Crippen LogP contribution is 1.99. The zero-order valence-electron chi connectivity index (χ0n) is 8.07. The van der Waals surface area contributed by atoms with Gasteiger partial charge in [0.05, 0.1) is 5.75 Å². The van der Waals surface area contributed by atoms with Gasteiger partial charge in [-0.25, -0.2) is 17.2 Å². The lowest BCUT2D eigenvalue weighted by Gasteiger charge is -2.15. The molecule has 4 nitrogen and oxygen atoms in total. The van der Waals surface area contributed by atoms with E-state index in [0.717, 1.165) is 6.26 Å². The minimum Gasteiger partial charge on any atom is -0.386 e. The third-order valence-electron chi connectivity index (χ3n) is 1.52. The van der Waals surface area contributed by atoms with Crippen molar-refractivity contribution >= 4 is 9.84 Å². The van der Waals surface area contributed by atoms with Crippen LogP contribution >= 0.6 is 0 Å². The van der Waals surface area contributed by atoms with Crippen LogP contribution in [0.15, 0.2) is 0 Å². The van der Waals surface area contributed by atoms with Gasteiger partial charge in [-0.3, -0.25) is 0 Å². The summed E-state index contributed by atoms with van der Waals surface area (Å²) in [5.41, 5.74) is 0. The molecule has 2 N–H and O–H groups in total. The van der Waals surface area contributed by atoms with Gasteiger partial charge in [-0.15, -0.1) is 0 Å². The van der Waals surface area contributed by atoms with E-state index in [1.165, 1.54) is 0 Å². The Morgan fingerprint density at radius 2 is 1.93 bits per heavy atom. The van der Waals surface area contributed by atoms with Gasteiger partial charge in [0.1, 0.15) is 15.9 Å². The molecule has 0 aromatic rings. The molecule has 0 aromatic carbocycles. The number of alkyl halides is 2. The summed E-state index contributed by atoms with van der Waals surface area (Å²) in [5.74, 6) is -0.136. The number of aliphatic hydroxyl groups excluding tert-OH is 1. The van der Waals surface area contributed by atoms with Crippen molar-refractivity contribution in [3.05, 3.63) is 0 Å². The van der Waals surface area contributed by atoms with E-state index in [1.54, 1.807) is 6.92 Å². The van der Waals surface area contributed by atoms with Gasteiger partial charge in [0.25, 0.3) is 6.43 Å². The van der Waals surface area contributed by atoms with Crippen molar-refractivity contribution in [2.24, 2.45) is 0 Å². The molecule has 2 unspecified atom stereocenters. The Kier molecular flexibility index (Phi) is 5.46. The van der Waals surface area contributed by atoms with Crippen LogP contribution in [0.4, 0.5) is 8.78 Å². The normalized spacial score (nSPS) is 17.0. The molecule has 7 heteroatoms. The molecule has 0 aliphatic carbocycles. The molecule has 0 fully saturated rings. The lowest BCUT2D eigenvalue weighted by atomic mass is 10.3. The molecular weight excluding hydrogens is 216 g/mol. The van der Waals surface area contributed by atoms with Crippen LogP contribution in [-0.4, -0.2) is 50.6 Å². The van der Waals surface area contributed by atoms with Crippen LogP contribution in [-0.2, 0) is 9.84 Å². The van der Waals surface area contributed by atoms with Crippen molar-refractivity contribution in [3.63, 3.8) is 0 Å². The van der Waals surface area contributed by atoms with E-state index in [0.29, 0.717) is 0 Å². The molecule has 0 amide bonds. The largest absolute Gasteiger partial charge is 0.386 e. The molecule has 0 aliphatic rings. The Labute approximate surface area is 82.2 Å². The Hall–Kier alpha value is -0.270. The Bertz CT molecular complexity index is 256. The lowest BCUT2D eigenvalue weighted by Crippen LogP contribution is -2.40. The summed E-state index contributed by atoms with van der Waals surface area (Å²) >= 11 is 0. The van der Waals surface area contributed by atoms with Crippen LogP contribution in [0, 0.1) is 0 Å². The number of halogens is 2. The smallest absolute Gasteiger partial charge is 0.265 e. The molecule has 0 saturated heterocycles. The summed E-state index contributed by atoms with van der Waals surface area (Å²) in [7, 11) is -3.12. The number of nitrogens with one attached hydrogen (secondary N) is 1. The van der Waals surface area contributed by atoms with Crippen LogP contribution < -0.4 is 5.32 Å². The fraction of sp³-hybridized carbons (Fsp3) is 1.00. The summed E-state index contributed by atoms with van der Waals surface area (Å²) in [5, 5.41) is 11.2. The second-order valence-corrected chi connectivity index (χ2v) is 5.49. The first kappa shape index (κ1) is 13.7. The molecule has 0 saturated carbocycles. The number of hydrogen-bond acceptors (Lipinski definition) is 4. The summed E-state index contributed by atoms with van der Waals surface area (Å²) in [4.78, 5) is 0. The van der Waals surface area contributed by atoms with E-state index in [9.17, 15) is 17.2 Å². The Morgan fingerprint density at radius 3 is 2.29 bits per heavy atom. The predicted octanol–water partition coefficient (Wildman–Crippen LogP) is -0.365. The van der Waals surface area contributed by atoms with Gasteiger partial charge in [0.2, 0.25) is 0 Å². The van der Waals surface area contributed by atoms with Gasteiger partial charge in [-0.1, -0.05) is 0 Å². The highest BCUT2D eigenvalue weighted by atomic mass is 32.2. The third kappa shape index (κ3) is 7.16. The quantitative estimate of drug-likeness (QED) is 0.655. The summed E-state index contributed by atoms with van der Waals surface area (Å²) in [6.45, 7) is 1.24. The Morgan fingerprint density at radius 1 is 1.43 bits per heavy atom. The molecule has 0 spiro atoms. The Balaban J connectivity index is 3.80. The van der Waals surface area contributed by atoms with E-state index in [1.807, 2.05) is 0 Å². The fourth-order valence-corrected chi connectivity index (χ4v) is 1.95. The van der Waals surface area contributed by atoms with Crippen molar-refractivity contribution in [1.29, 1.82) is 0 Å². The molecule has 0 aromatic heterocycles. The maximum Gasteiger partial charge on any atom is 0.265 e. The average molecular weight is 231 g/mol. The molecule has 0 rings (SSSR count). The zero-order valence-corrected chi connectivity index (χ0v) is 8.89. The second kappa shape index (κ2) is 5.57. The number of aliphatic hydroxyl groups is 1. The summed E-state index contributed by atoms with van der Waals surface area (Å²) in [6.07, 6.45) is -3.50. The minimum absolute atomic E-state index is 0.136. The molecule has 14 heavy (non-hydrogen) atoms. The van der Waals surface area contributed by atoms with Crippen molar-refractivity contribution < 1.29 is 22.3 Å². The topological polar surface area (TPSA) is 66.4 Å². The number of sulfone groups is 1. The first-order chi connectivity index (χ1) is 6.22. The van der Waals surface area contributed by atoms with Crippen LogP contribution in [0.5, 0.6) is 0 Å². The number of rotatable bonds is 6. The van der Waals surface area contributed by atoms with Crippen LogP contribution in [0.1, 0.15) is 6.92 Å². The highest BCUT2D eigenvalue weighted by molar-refractivity contribution is 7.90.